The number of unbranched alkanes of at least 4 members (excludes halogenated alkanes) is 17. The summed E-state index contributed by atoms with van der Waals surface area (Å²) < 4.78 is 5.79. The van der Waals surface area contributed by atoms with Crippen LogP contribution >= 0.6 is 0 Å². The van der Waals surface area contributed by atoms with Crippen LogP contribution in [0.3, 0.4) is 0 Å². The molecule has 0 saturated heterocycles. The summed E-state index contributed by atoms with van der Waals surface area (Å²) in [5.41, 5.74) is 2.82. The molecule has 1 unspecified atom stereocenters. The molecule has 0 rings (SSSR count). The van der Waals surface area contributed by atoms with Gasteiger partial charge in [0.05, 0.1) is 12.3 Å². The van der Waals surface area contributed by atoms with Crippen molar-refractivity contribution in [1.29, 1.82) is 0 Å². The van der Waals surface area contributed by atoms with E-state index in [-0.39, 0.29) is 18.7 Å². The van der Waals surface area contributed by atoms with Gasteiger partial charge in [0.15, 0.2) is 0 Å². The van der Waals surface area contributed by atoms with E-state index in [4.69, 9.17) is 4.74 Å². The molecular formula is C37H69NO3. The zero-order valence-corrected chi connectivity index (χ0v) is 28.0. The lowest BCUT2D eigenvalue weighted by Gasteiger charge is -2.16. The van der Waals surface area contributed by atoms with Crippen LogP contribution < -0.4 is 0 Å². The Bertz CT molecular complexity index is 682. The summed E-state index contributed by atoms with van der Waals surface area (Å²) in [6.45, 7) is 13.6. The van der Waals surface area contributed by atoms with E-state index in [2.05, 4.69) is 38.4 Å². The number of aliphatic imine (C=N–C) groups is 1. The molecule has 240 valence electrons. The Morgan fingerprint density at radius 3 is 1.68 bits per heavy atom. The molecule has 0 heterocycles. The monoisotopic (exact) mass is 576 g/mol. The third-order valence-corrected chi connectivity index (χ3v) is 8.07. The van der Waals surface area contributed by atoms with E-state index in [1.54, 1.807) is 0 Å². The average Bonchev–Trinajstić information content (AvgIpc) is 2.97. The van der Waals surface area contributed by atoms with E-state index >= 15 is 0 Å². The van der Waals surface area contributed by atoms with Gasteiger partial charge in [-0.25, -0.2) is 0 Å². The number of allylic oxidation sites excluding steroid dienone is 2. The van der Waals surface area contributed by atoms with Crippen molar-refractivity contribution in [3.05, 3.63) is 23.8 Å². The minimum Gasteiger partial charge on any atom is -0.462 e. The standard InChI is InChI=1S/C37H69NO3/c1-6-10-12-14-15-16-17-18-19-20-21-23-25-31-36(40)41-35(8-3)30-27-26-29-34(32-39)37(38-9-4)33(5)28-24-22-13-11-7-2/h29,35,39H,5-28,30-32H2,1-4H3/b34-29+,38-37?. The molecule has 0 radical (unpaired) electrons. The van der Waals surface area contributed by atoms with E-state index in [9.17, 15) is 9.90 Å². The zero-order chi connectivity index (χ0) is 30.4. The first-order valence-corrected chi connectivity index (χ1v) is 17.8. The number of ether oxygens (including phenoxy) is 1. The number of esters is 1. The Kier molecular flexibility index (Phi) is 29.0. The van der Waals surface area contributed by atoms with Gasteiger partial charge in [-0.3, -0.25) is 9.79 Å². The summed E-state index contributed by atoms with van der Waals surface area (Å²) in [4.78, 5) is 17.1. The van der Waals surface area contributed by atoms with Crippen LogP contribution in [-0.2, 0) is 9.53 Å². The highest BCUT2D eigenvalue weighted by molar-refractivity contribution is 6.12. The highest BCUT2D eigenvalue weighted by Gasteiger charge is 2.13. The Morgan fingerprint density at radius 2 is 1.22 bits per heavy atom. The first-order valence-electron chi connectivity index (χ1n) is 17.8. The maximum atomic E-state index is 12.4. The second-order valence-electron chi connectivity index (χ2n) is 11.9. The van der Waals surface area contributed by atoms with Crippen molar-refractivity contribution in [3.8, 4) is 0 Å². The van der Waals surface area contributed by atoms with E-state index in [1.165, 1.54) is 96.3 Å². The van der Waals surface area contributed by atoms with Crippen molar-refractivity contribution < 1.29 is 14.6 Å². The molecule has 0 fully saturated rings. The van der Waals surface area contributed by atoms with Gasteiger partial charge in [-0.15, -0.1) is 0 Å². The molecule has 0 spiro atoms. The van der Waals surface area contributed by atoms with Gasteiger partial charge in [0.25, 0.3) is 0 Å². The number of carbonyl (C=O) groups excluding carboxylic acids is 1. The number of aliphatic hydroxyl groups excluding tert-OH is 1. The molecule has 0 aliphatic rings. The molecule has 0 bridgehead atoms. The van der Waals surface area contributed by atoms with Crippen molar-refractivity contribution in [1.82, 2.24) is 0 Å². The fraction of sp³-hybridized carbons (Fsp3) is 0.838. The van der Waals surface area contributed by atoms with Crippen LogP contribution in [0.4, 0.5) is 0 Å². The maximum absolute atomic E-state index is 12.4. The predicted molar refractivity (Wildman–Crippen MR) is 180 cm³/mol. The molecule has 0 aliphatic carbocycles. The summed E-state index contributed by atoms with van der Waals surface area (Å²) in [6, 6.07) is 0. The van der Waals surface area contributed by atoms with E-state index < -0.39 is 0 Å². The fourth-order valence-electron chi connectivity index (χ4n) is 5.40. The molecule has 0 aromatic heterocycles. The summed E-state index contributed by atoms with van der Waals surface area (Å²) in [5, 5.41) is 10.0. The molecule has 0 amide bonds. The number of carbonyl (C=O) groups is 1. The van der Waals surface area contributed by atoms with Crippen LogP contribution in [0.15, 0.2) is 28.8 Å². The summed E-state index contributed by atoms with van der Waals surface area (Å²) in [7, 11) is 0. The van der Waals surface area contributed by atoms with Crippen molar-refractivity contribution in [2.24, 2.45) is 4.99 Å². The van der Waals surface area contributed by atoms with Crippen molar-refractivity contribution in [2.75, 3.05) is 13.2 Å². The van der Waals surface area contributed by atoms with Gasteiger partial charge in [0, 0.05) is 13.0 Å². The molecule has 4 heteroatoms. The Balaban J connectivity index is 4.17. The Morgan fingerprint density at radius 1 is 0.732 bits per heavy atom. The lowest BCUT2D eigenvalue weighted by Crippen LogP contribution is -2.17. The Hall–Kier alpha value is -1.42. The highest BCUT2D eigenvalue weighted by Crippen LogP contribution is 2.18. The molecular weight excluding hydrogens is 506 g/mol. The highest BCUT2D eigenvalue weighted by atomic mass is 16.5. The summed E-state index contributed by atoms with van der Waals surface area (Å²) in [5.74, 6) is -0.0425. The van der Waals surface area contributed by atoms with Gasteiger partial charge >= 0.3 is 5.97 Å². The van der Waals surface area contributed by atoms with Crippen LogP contribution in [0.2, 0.25) is 0 Å². The lowest BCUT2D eigenvalue weighted by atomic mass is 9.97. The number of hydrogen-bond acceptors (Lipinski definition) is 4. The fourth-order valence-corrected chi connectivity index (χ4v) is 5.40. The van der Waals surface area contributed by atoms with Crippen LogP contribution in [0.25, 0.3) is 0 Å². The molecule has 0 aromatic carbocycles. The van der Waals surface area contributed by atoms with Gasteiger partial charge in [-0.05, 0) is 63.0 Å². The van der Waals surface area contributed by atoms with E-state index in [0.29, 0.717) is 13.0 Å². The molecule has 0 aromatic rings. The van der Waals surface area contributed by atoms with Crippen molar-refractivity contribution >= 4 is 11.7 Å². The molecule has 4 nitrogen and oxygen atoms in total. The summed E-state index contributed by atoms with van der Waals surface area (Å²) >= 11 is 0. The van der Waals surface area contributed by atoms with Crippen molar-refractivity contribution in [3.63, 3.8) is 0 Å². The summed E-state index contributed by atoms with van der Waals surface area (Å²) in [6.07, 6.45) is 30.2. The van der Waals surface area contributed by atoms with Gasteiger partial charge in [0.2, 0.25) is 0 Å². The molecule has 1 atom stereocenters. The maximum Gasteiger partial charge on any atom is 0.306 e. The van der Waals surface area contributed by atoms with Gasteiger partial charge < -0.3 is 9.84 Å². The number of nitrogens with zero attached hydrogens (tertiary/aromatic N) is 1. The third-order valence-electron chi connectivity index (χ3n) is 8.07. The topological polar surface area (TPSA) is 58.9 Å². The lowest BCUT2D eigenvalue weighted by molar-refractivity contribution is -0.149. The normalized spacial score (nSPS) is 13.0. The molecule has 1 N–H and O–H groups in total. The minimum absolute atomic E-state index is 0.0149. The van der Waals surface area contributed by atoms with E-state index in [0.717, 1.165) is 68.2 Å². The smallest absolute Gasteiger partial charge is 0.306 e. The largest absolute Gasteiger partial charge is 0.462 e. The number of aliphatic hydroxyl groups is 1. The van der Waals surface area contributed by atoms with E-state index in [1.807, 2.05) is 6.92 Å². The van der Waals surface area contributed by atoms with Crippen LogP contribution in [0.5, 0.6) is 0 Å². The zero-order valence-electron chi connectivity index (χ0n) is 28.0. The van der Waals surface area contributed by atoms with Gasteiger partial charge in [-0.2, -0.15) is 0 Å². The second kappa shape index (κ2) is 30.1. The SMILES string of the molecule is C=C(CCCCCCC)C(=NCC)/C(=C/CCCC(CC)OC(=O)CCCCCCCCCCCCCCC)CO. The van der Waals surface area contributed by atoms with Gasteiger partial charge in [0.1, 0.15) is 6.10 Å². The molecule has 0 aliphatic heterocycles. The minimum atomic E-state index is -0.0425. The quantitative estimate of drug-likeness (QED) is 0.0526. The first-order chi connectivity index (χ1) is 20.0. The van der Waals surface area contributed by atoms with Crippen molar-refractivity contribution in [2.45, 2.75) is 188 Å². The molecule has 41 heavy (non-hydrogen) atoms. The molecule has 0 saturated carbocycles. The first kappa shape index (κ1) is 39.6. The Labute approximate surface area is 255 Å². The average molecular weight is 576 g/mol. The number of rotatable bonds is 30. The second-order valence-corrected chi connectivity index (χ2v) is 11.9. The van der Waals surface area contributed by atoms with Crippen LogP contribution in [0.1, 0.15) is 182 Å². The number of hydrogen-bond donors (Lipinski definition) is 1. The van der Waals surface area contributed by atoms with Crippen LogP contribution in [-0.4, -0.2) is 36.0 Å². The van der Waals surface area contributed by atoms with Gasteiger partial charge in [-0.1, -0.05) is 136 Å². The third kappa shape index (κ3) is 23.8. The predicted octanol–water partition coefficient (Wildman–Crippen LogP) is 11.3. The van der Waals surface area contributed by atoms with Crippen LogP contribution in [0, 0.1) is 0 Å².